The van der Waals surface area contributed by atoms with Crippen LogP contribution < -0.4 is 4.90 Å². The molecule has 0 saturated carbocycles. The Balaban J connectivity index is 2.13. The fraction of sp³-hybridized carbons (Fsp3) is 0.278. The zero-order valence-corrected chi connectivity index (χ0v) is 13.3. The minimum atomic E-state index is -4.52. The van der Waals surface area contributed by atoms with Crippen LogP contribution in [-0.2, 0) is 21.4 Å². The third-order valence-corrected chi connectivity index (χ3v) is 4.52. The van der Waals surface area contributed by atoms with Crippen LogP contribution in [0.15, 0.2) is 54.6 Å². The van der Waals surface area contributed by atoms with Crippen LogP contribution in [-0.4, -0.2) is 24.7 Å². The van der Waals surface area contributed by atoms with Crippen molar-refractivity contribution in [1.29, 1.82) is 0 Å². The van der Waals surface area contributed by atoms with E-state index in [0.29, 0.717) is 5.69 Å². The lowest BCUT2D eigenvalue weighted by Crippen LogP contribution is -2.68. The molecule has 0 bridgehead atoms. The summed E-state index contributed by atoms with van der Waals surface area (Å²) in [7, 11) is 1.31. The number of halogens is 3. The van der Waals surface area contributed by atoms with Crippen molar-refractivity contribution >= 4 is 11.7 Å². The number of carbonyl (C=O) groups is 1. The Labute approximate surface area is 142 Å². The smallest absolute Gasteiger partial charge is 0.416 e. The highest BCUT2D eigenvalue weighted by molar-refractivity contribution is 5.78. The first-order chi connectivity index (χ1) is 11.8. The molecule has 132 valence electrons. The highest BCUT2D eigenvalue weighted by Crippen LogP contribution is 2.49. The van der Waals surface area contributed by atoms with Crippen molar-refractivity contribution in [3.8, 4) is 0 Å². The van der Waals surface area contributed by atoms with Crippen LogP contribution >= 0.6 is 0 Å². The van der Waals surface area contributed by atoms with Crippen molar-refractivity contribution in [2.24, 2.45) is 5.92 Å². The summed E-state index contributed by atoms with van der Waals surface area (Å²) in [6.45, 7) is 0.142. The monoisotopic (exact) mass is 351 g/mol. The number of nitrogens with zero attached hydrogens (tertiary/aromatic N) is 1. The quantitative estimate of drug-likeness (QED) is 0.912. The van der Waals surface area contributed by atoms with Crippen LogP contribution in [0.3, 0.4) is 0 Å². The molecular weight excluding hydrogens is 335 g/mol. The standard InChI is InChI=1S/C18H16F3NO3/c1-25-17(12-6-5-7-13(10-12)18(19,20)21)15(16(23)24)11-22(17)14-8-3-2-4-9-14/h2-10,15H,11H2,1H3,(H,23,24). The molecule has 3 rings (SSSR count). The number of aliphatic carboxylic acids is 1. The lowest BCUT2D eigenvalue weighted by atomic mass is 9.77. The molecule has 1 aliphatic rings. The van der Waals surface area contributed by atoms with Crippen molar-refractivity contribution in [3.63, 3.8) is 0 Å². The summed E-state index contributed by atoms with van der Waals surface area (Å²) in [6.07, 6.45) is -4.52. The maximum Gasteiger partial charge on any atom is 0.416 e. The minimum Gasteiger partial charge on any atom is -0.481 e. The van der Waals surface area contributed by atoms with Gasteiger partial charge in [-0.05, 0) is 24.3 Å². The van der Waals surface area contributed by atoms with Gasteiger partial charge in [0, 0.05) is 24.9 Å². The number of methoxy groups -OCH3 is 1. The number of hydrogen-bond acceptors (Lipinski definition) is 3. The third-order valence-electron chi connectivity index (χ3n) is 4.52. The topological polar surface area (TPSA) is 49.8 Å². The van der Waals surface area contributed by atoms with E-state index in [0.717, 1.165) is 12.1 Å². The van der Waals surface area contributed by atoms with Crippen molar-refractivity contribution in [1.82, 2.24) is 0 Å². The summed E-state index contributed by atoms with van der Waals surface area (Å²) in [6, 6.07) is 13.5. The number of para-hydroxylation sites is 1. The molecular formula is C18H16F3NO3. The second kappa shape index (κ2) is 6.07. The average molecular weight is 351 g/mol. The molecule has 1 aliphatic heterocycles. The summed E-state index contributed by atoms with van der Waals surface area (Å²) >= 11 is 0. The van der Waals surface area contributed by atoms with E-state index in [4.69, 9.17) is 4.74 Å². The Morgan fingerprint density at radius 1 is 1.20 bits per heavy atom. The zero-order valence-electron chi connectivity index (χ0n) is 13.3. The number of alkyl halides is 3. The van der Waals surface area contributed by atoms with Crippen LogP contribution in [0.1, 0.15) is 11.1 Å². The zero-order chi connectivity index (χ0) is 18.2. The lowest BCUT2D eigenvalue weighted by molar-refractivity contribution is -0.170. The van der Waals surface area contributed by atoms with Gasteiger partial charge in [0.25, 0.3) is 0 Å². The number of ether oxygens (including phenoxy) is 1. The SMILES string of the molecule is COC1(c2cccc(C(F)(F)F)c2)C(C(=O)O)CN1c1ccccc1. The van der Waals surface area contributed by atoms with Gasteiger partial charge in [-0.3, -0.25) is 4.79 Å². The van der Waals surface area contributed by atoms with Crippen molar-refractivity contribution in [3.05, 3.63) is 65.7 Å². The molecule has 0 amide bonds. The van der Waals surface area contributed by atoms with Gasteiger partial charge in [0.1, 0.15) is 5.92 Å². The second-order valence-corrected chi connectivity index (χ2v) is 5.82. The van der Waals surface area contributed by atoms with Crippen LogP contribution in [0.2, 0.25) is 0 Å². The molecule has 4 nitrogen and oxygen atoms in total. The van der Waals surface area contributed by atoms with Crippen molar-refractivity contribution in [2.45, 2.75) is 11.9 Å². The Morgan fingerprint density at radius 2 is 1.88 bits per heavy atom. The van der Waals surface area contributed by atoms with Crippen molar-refractivity contribution in [2.75, 3.05) is 18.6 Å². The summed E-state index contributed by atoms with van der Waals surface area (Å²) in [5, 5.41) is 9.53. The van der Waals surface area contributed by atoms with Gasteiger partial charge in [0.15, 0.2) is 5.72 Å². The van der Waals surface area contributed by atoms with Gasteiger partial charge >= 0.3 is 12.1 Å². The number of hydrogen-bond donors (Lipinski definition) is 1. The minimum absolute atomic E-state index is 0.142. The van der Waals surface area contributed by atoms with E-state index in [9.17, 15) is 23.1 Å². The maximum absolute atomic E-state index is 13.1. The third kappa shape index (κ3) is 2.74. The molecule has 2 atom stereocenters. The van der Waals surface area contributed by atoms with Gasteiger partial charge in [-0.15, -0.1) is 0 Å². The number of benzene rings is 2. The Kier molecular flexibility index (Phi) is 4.20. The molecule has 25 heavy (non-hydrogen) atoms. The number of carboxylic acid groups (broad SMARTS) is 1. The molecule has 0 radical (unpaired) electrons. The van der Waals surface area contributed by atoms with Crippen molar-refractivity contribution < 1.29 is 27.8 Å². The first kappa shape index (κ1) is 17.3. The fourth-order valence-electron chi connectivity index (χ4n) is 3.31. The highest BCUT2D eigenvalue weighted by atomic mass is 19.4. The van der Waals surface area contributed by atoms with Gasteiger partial charge in [0.05, 0.1) is 5.56 Å². The Bertz CT molecular complexity index is 779. The van der Waals surface area contributed by atoms with Gasteiger partial charge in [0.2, 0.25) is 0 Å². The summed E-state index contributed by atoms with van der Waals surface area (Å²) in [4.78, 5) is 13.3. The van der Waals surface area contributed by atoms with Crippen LogP contribution in [0.4, 0.5) is 18.9 Å². The molecule has 0 spiro atoms. The van der Waals surface area contributed by atoms with E-state index in [1.54, 1.807) is 35.2 Å². The predicted molar refractivity (Wildman–Crippen MR) is 85.0 cm³/mol. The highest BCUT2D eigenvalue weighted by Gasteiger charge is 2.59. The maximum atomic E-state index is 13.1. The van der Waals surface area contributed by atoms with E-state index in [2.05, 4.69) is 0 Å². The first-order valence-electron chi connectivity index (χ1n) is 7.59. The van der Waals surface area contributed by atoms with Crippen LogP contribution in [0.25, 0.3) is 0 Å². The van der Waals surface area contributed by atoms with E-state index in [-0.39, 0.29) is 12.1 Å². The van der Waals surface area contributed by atoms with Gasteiger partial charge < -0.3 is 14.7 Å². The largest absolute Gasteiger partial charge is 0.481 e. The molecule has 1 fully saturated rings. The normalized spacial score (nSPS) is 23.2. The second-order valence-electron chi connectivity index (χ2n) is 5.82. The first-order valence-corrected chi connectivity index (χ1v) is 7.59. The predicted octanol–water partition coefficient (Wildman–Crippen LogP) is 3.73. The Hall–Kier alpha value is -2.54. The van der Waals surface area contributed by atoms with E-state index in [1.807, 2.05) is 0 Å². The number of anilines is 1. The van der Waals surface area contributed by atoms with Crippen LogP contribution in [0, 0.1) is 5.92 Å². The van der Waals surface area contributed by atoms with Gasteiger partial charge in [-0.1, -0.05) is 30.3 Å². The number of rotatable bonds is 4. The lowest BCUT2D eigenvalue weighted by Gasteiger charge is -2.57. The fourth-order valence-corrected chi connectivity index (χ4v) is 3.31. The van der Waals surface area contributed by atoms with Crippen LogP contribution in [0.5, 0.6) is 0 Å². The number of carboxylic acids is 1. The van der Waals surface area contributed by atoms with E-state index < -0.39 is 29.4 Å². The molecule has 2 aromatic carbocycles. The molecule has 2 unspecified atom stereocenters. The molecule has 1 heterocycles. The Morgan fingerprint density at radius 3 is 2.44 bits per heavy atom. The molecule has 1 N–H and O–H groups in total. The summed E-state index contributed by atoms with van der Waals surface area (Å²) in [5.41, 5.74) is -1.49. The molecule has 2 aromatic rings. The molecule has 0 aromatic heterocycles. The molecule has 1 saturated heterocycles. The summed E-state index contributed by atoms with van der Waals surface area (Å²) in [5.74, 6) is -2.10. The summed E-state index contributed by atoms with van der Waals surface area (Å²) < 4.78 is 44.8. The molecule has 7 heteroatoms. The van der Waals surface area contributed by atoms with E-state index in [1.165, 1.54) is 19.2 Å². The van der Waals surface area contributed by atoms with Gasteiger partial charge in [-0.25, -0.2) is 0 Å². The molecule has 0 aliphatic carbocycles. The van der Waals surface area contributed by atoms with Gasteiger partial charge in [-0.2, -0.15) is 13.2 Å². The van der Waals surface area contributed by atoms with E-state index >= 15 is 0 Å². The average Bonchev–Trinajstić information content (AvgIpc) is 2.55.